The summed E-state index contributed by atoms with van der Waals surface area (Å²) in [5.74, 6) is 0.374. The molecular weight excluding hydrogens is 416 g/mol. The van der Waals surface area contributed by atoms with Crippen LogP contribution in [0.2, 0.25) is 0 Å². The van der Waals surface area contributed by atoms with Gasteiger partial charge in [0, 0.05) is 22.6 Å². The van der Waals surface area contributed by atoms with Crippen molar-refractivity contribution in [3.05, 3.63) is 70.4 Å². The van der Waals surface area contributed by atoms with E-state index in [2.05, 4.69) is 16.7 Å². The zero-order valence-corrected chi connectivity index (χ0v) is 17.9. The first kappa shape index (κ1) is 21.8. The number of hydrogen-bond acceptors (Lipinski definition) is 7. The summed E-state index contributed by atoms with van der Waals surface area (Å²) < 4.78 is 12.3. The molecule has 0 aliphatic heterocycles. The molecule has 0 spiro atoms. The summed E-state index contributed by atoms with van der Waals surface area (Å²) in [6.45, 7) is 4.12. The highest BCUT2D eigenvalue weighted by Gasteiger charge is 2.13. The molecule has 160 valence electrons. The van der Waals surface area contributed by atoms with E-state index in [1.54, 1.807) is 43.3 Å². The van der Waals surface area contributed by atoms with Crippen molar-refractivity contribution in [3.63, 3.8) is 0 Å². The van der Waals surface area contributed by atoms with E-state index in [0.29, 0.717) is 34.1 Å². The van der Waals surface area contributed by atoms with Crippen LogP contribution in [-0.2, 0) is 0 Å². The number of hydrogen-bond donors (Lipinski definition) is 2. The monoisotopic (exact) mass is 438 g/mol. The van der Waals surface area contributed by atoms with Crippen LogP contribution in [0.15, 0.2) is 64.5 Å². The molecule has 31 heavy (non-hydrogen) atoms. The van der Waals surface area contributed by atoms with Gasteiger partial charge in [0.2, 0.25) is 4.80 Å². The van der Waals surface area contributed by atoms with Crippen molar-refractivity contribution in [2.45, 2.75) is 0 Å². The van der Waals surface area contributed by atoms with Crippen LogP contribution in [0.25, 0.3) is 11.3 Å². The van der Waals surface area contributed by atoms with Crippen LogP contribution in [0.1, 0.15) is 15.9 Å². The van der Waals surface area contributed by atoms with Gasteiger partial charge in [-0.2, -0.15) is 5.10 Å². The molecule has 1 heterocycles. The molecule has 3 rings (SSSR count). The smallest absolute Gasteiger partial charge is 0.252 e. The van der Waals surface area contributed by atoms with E-state index >= 15 is 0 Å². The summed E-state index contributed by atoms with van der Waals surface area (Å²) >= 11 is 1.39. The summed E-state index contributed by atoms with van der Waals surface area (Å²) in [4.78, 5) is 16.8. The number of benzene rings is 2. The number of aromatic nitrogens is 1. The predicted octanol–water partition coefficient (Wildman–Crippen LogP) is 3.01. The van der Waals surface area contributed by atoms with Crippen LogP contribution in [-0.4, -0.2) is 42.7 Å². The summed E-state index contributed by atoms with van der Waals surface area (Å²) in [6, 6.07) is 10.0. The molecular formula is C22H22N4O4S. The molecule has 0 saturated heterocycles. The van der Waals surface area contributed by atoms with Gasteiger partial charge in [-0.05, 0) is 30.3 Å². The second-order valence-electron chi connectivity index (χ2n) is 6.29. The van der Waals surface area contributed by atoms with Gasteiger partial charge in [-0.3, -0.25) is 9.79 Å². The maximum atomic E-state index is 11.6. The van der Waals surface area contributed by atoms with Crippen molar-refractivity contribution in [1.82, 2.24) is 4.68 Å². The molecule has 1 aromatic heterocycles. The Kier molecular flexibility index (Phi) is 6.88. The van der Waals surface area contributed by atoms with Crippen molar-refractivity contribution in [2.24, 2.45) is 15.8 Å². The molecule has 0 aliphatic rings. The minimum absolute atomic E-state index is 0.0284. The number of amides is 1. The van der Waals surface area contributed by atoms with Gasteiger partial charge in [0.25, 0.3) is 5.91 Å². The van der Waals surface area contributed by atoms with Crippen LogP contribution in [0.4, 0.5) is 0 Å². The van der Waals surface area contributed by atoms with Crippen molar-refractivity contribution in [1.29, 1.82) is 0 Å². The van der Waals surface area contributed by atoms with E-state index in [0.717, 1.165) is 5.56 Å². The highest BCUT2D eigenvalue weighted by atomic mass is 32.1. The lowest BCUT2D eigenvalue weighted by Gasteiger charge is -2.08. The normalized spacial score (nSPS) is 11.6. The number of nitrogens with two attached hydrogens (primary N) is 1. The van der Waals surface area contributed by atoms with Gasteiger partial charge in [-0.25, -0.2) is 4.68 Å². The average molecular weight is 439 g/mol. The Morgan fingerprint density at radius 3 is 2.74 bits per heavy atom. The Hall–Kier alpha value is -3.85. The minimum atomic E-state index is -0.718. The number of thiazole rings is 1. The Balaban J connectivity index is 2.13. The fourth-order valence-corrected chi connectivity index (χ4v) is 3.65. The lowest BCUT2D eigenvalue weighted by Crippen LogP contribution is -2.14. The second-order valence-corrected chi connectivity index (χ2v) is 7.13. The Labute approximate surface area is 183 Å². The third kappa shape index (κ3) is 4.84. The number of carbonyl (C=O) groups excluding carboxylic acids is 1. The first-order valence-corrected chi connectivity index (χ1v) is 10.1. The molecule has 1 amide bonds. The van der Waals surface area contributed by atoms with Crippen molar-refractivity contribution >= 4 is 23.5 Å². The molecule has 9 heteroatoms. The van der Waals surface area contributed by atoms with E-state index in [-0.39, 0.29) is 11.3 Å². The predicted molar refractivity (Wildman–Crippen MR) is 121 cm³/mol. The molecule has 2 aromatic carbocycles. The van der Waals surface area contributed by atoms with Gasteiger partial charge in [0.15, 0.2) is 0 Å². The third-order valence-electron chi connectivity index (χ3n) is 4.35. The molecule has 0 atom stereocenters. The van der Waals surface area contributed by atoms with E-state index in [1.165, 1.54) is 23.5 Å². The first-order chi connectivity index (χ1) is 15.0. The zero-order valence-electron chi connectivity index (χ0n) is 17.1. The maximum absolute atomic E-state index is 11.6. The maximum Gasteiger partial charge on any atom is 0.252 e. The lowest BCUT2D eigenvalue weighted by molar-refractivity contribution is 0.0998. The number of phenols is 1. The molecule has 3 aromatic rings. The number of primary amides is 1. The number of aromatic hydroxyl groups is 1. The van der Waals surface area contributed by atoms with Gasteiger partial charge in [0.05, 0.1) is 38.2 Å². The molecule has 0 unspecified atom stereocenters. The molecule has 0 bridgehead atoms. The van der Waals surface area contributed by atoms with E-state index < -0.39 is 5.91 Å². The van der Waals surface area contributed by atoms with Crippen molar-refractivity contribution in [3.8, 4) is 28.5 Å². The van der Waals surface area contributed by atoms with Crippen LogP contribution < -0.4 is 20.0 Å². The number of nitrogens with zero attached hydrogens (tertiary/aromatic N) is 3. The Morgan fingerprint density at radius 2 is 2.06 bits per heavy atom. The Bertz CT molecular complexity index is 1210. The highest BCUT2D eigenvalue weighted by Crippen LogP contribution is 2.27. The Morgan fingerprint density at radius 1 is 1.26 bits per heavy atom. The second kappa shape index (κ2) is 9.77. The van der Waals surface area contributed by atoms with Crippen LogP contribution in [0.5, 0.6) is 17.2 Å². The number of ether oxygens (including phenoxy) is 2. The first-order valence-electron chi connectivity index (χ1n) is 9.20. The van der Waals surface area contributed by atoms with Gasteiger partial charge >= 0.3 is 0 Å². The van der Waals surface area contributed by atoms with Gasteiger partial charge < -0.3 is 20.3 Å². The quantitative estimate of drug-likeness (QED) is 0.416. The molecule has 0 saturated carbocycles. The molecule has 0 radical (unpaired) electrons. The molecule has 0 aliphatic carbocycles. The fourth-order valence-electron chi connectivity index (χ4n) is 2.80. The van der Waals surface area contributed by atoms with E-state index in [4.69, 9.17) is 15.2 Å². The molecule has 3 N–H and O–H groups in total. The largest absolute Gasteiger partial charge is 0.507 e. The standard InChI is InChI=1S/C22H22N4O4S/c1-4-9-24-22-26(25-12-15-5-7-16(29-2)11-20(15)30-3)18(13-31-22)14-6-8-19(27)17(10-14)21(23)28/h4-8,10-13,27H,1,9H2,2-3H3,(H2,23,28). The van der Waals surface area contributed by atoms with E-state index in [9.17, 15) is 9.90 Å². The van der Waals surface area contributed by atoms with Gasteiger partial charge in [0.1, 0.15) is 17.2 Å². The highest BCUT2D eigenvalue weighted by molar-refractivity contribution is 7.07. The lowest BCUT2D eigenvalue weighted by atomic mass is 10.1. The van der Waals surface area contributed by atoms with Gasteiger partial charge in [-0.15, -0.1) is 17.9 Å². The fraction of sp³-hybridized carbons (Fsp3) is 0.136. The summed E-state index contributed by atoms with van der Waals surface area (Å²) in [5.41, 5.74) is 7.48. The van der Waals surface area contributed by atoms with Crippen molar-refractivity contribution < 1.29 is 19.4 Å². The minimum Gasteiger partial charge on any atom is -0.507 e. The van der Waals surface area contributed by atoms with Crippen molar-refractivity contribution in [2.75, 3.05) is 20.8 Å². The molecule has 8 nitrogen and oxygen atoms in total. The topological polar surface area (TPSA) is 111 Å². The summed E-state index contributed by atoms with van der Waals surface area (Å²) in [7, 11) is 3.16. The number of carbonyl (C=O) groups is 1. The van der Waals surface area contributed by atoms with Crippen LogP contribution in [0.3, 0.4) is 0 Å². The van der Waals surface area contributed by atoms with E-state index in [1.807, 2.05) is 17.5 Å². The summed E-state index contributed by atoms with van der Waals surface area (Å²) in [6.07, 6.45) is 3.34. The molecule has 0 fully saturated rings. The zero-order chi connectivity index (χ0) is 22.4. The third-order valence-corrected chi connectivity index (χ3v) is 5.21. The van der Waals surface area contributed by atoms with Crippen LogP contribution >= 0.6 is 11.3 Å². The average Bonchev–Trinajstić information content (AvgIpc) is 3.18. The van der Waals surface area contributed by atoms with Gasteiger partial charge in [-0.1, -0.05) is 6.08 Å². The number of methoxy groups -OCH3 is 2. The number of rotatable bonds is 8. The van der Waals surface area contributed by atoms with Crippen LogP contribution in [0, 0.1) is 0 Å². The summed E-state index contributed by atoms with van der Waals surface area (Å²) in [5, 5.41) is 16.4. The SMILES string of the molecule is C=CCN=c1scc(-c2ccc(O)c(C(N)=O)c2)n1N=Cc1ccc(OC)cc1OC.